The lowest BCUT2D eigenvalue weighted by atomic mass is 9.67. The second-order valence-corrected chi connectivity index (χ2v) is 7.07. The Morgan fingerprint density at radius 1 is 1.30 bits per heavy atom. The summed E-state index contributed by atoms with van der Waals surface area (Å²) in [6.45, 7) is 7.48. The van der Waals surface area contributed by atoms with Crippen LogP contribution in [0.4, 0.5) is 0 Å². The number of morpholine rings is 1. The van der Waals surface area contributed by atoms with Crippen molar-refractivity contribution in [3.05, 3.63) is 0 Å². The molecule has 0 aromatic carbocycles. The SMILES string of the molecule is CC1CC(C(=O)N2CCOCC2C(=O)O)CC(C)(C)C1. The van der Waals surface area contributed by atoms with E-state index >= 15 is 0 Å². The molecule has 0 aromatic heterocycles. The molecule has 20 heavy (non-hydrogen) atoms. The third kappa shape index (κ3) is 3.32. The van der Waals surface area contributed by atoms with Gasteiger partial charge in [0, 0.05) is 12.5 Å². The lowest BCUT2D eigenvalue weighted by molar-refractivity contribution is -0.161. The number of hydrogen-bond acceptors (Lipinski definition) is 3. The Balaban J connectivity index is 2.10. The second kappa shape index (κ2) is 5.72. The molecular formula is C15H25NO4. The first kappa shape index (κ1) is 15.3. The van der Waals surface area contributed by atoms with Crippen LogP contribution in [0.15, 0.2) is 0 Å². The van der Waals surface area contributed by atoms with Gasteiger partial charge in [0.05, 0.1) is 13.2 Å². The molecule has 1 aliphatic carbocycles. The van der Waals surface area contributed by atoms with E-state index in [4.69, 9.17) is 4.74 Å². The lowest BCUT2D eigenvalue weighted by Crippen LogP contribution is -2.55. The molecule has 0 bridgehead atoms. The number of carboxylic acid groups (broad SMARTS) is 1. The molecule has 1 amide bonds. The van der Waals surface area contributed by atoms with Crippen LogP contribution >= 0.6 is 0 Å². The number of hydrogen-bond donors (Lipinski definition) is 1. The molecule has 114 valence electrons. The quantitative estimate of drug-likeness (QED) is 0.838. The molecule has 2 rings (SSSR count). The molecule has 3 unspecified atom stereocenters. The summed E-state index contributed by atoms with van der Waals surface area (Å²) in [5, 5.41) is 9.24. The van der Waals surface area contributed by atoms with Crippen molar-refractivity contribution < 1.29 is 19.4 Å². The molecule has 1 saturated heterocycles. The highest BCUT2D eigenvalue weighted by Crippen LogP contribution is 2.42. The van der Waals surface area contributed by atoms with Crippen molar-refractivity contribution in [2.45, 2.75) is 46.1 Å². The van der Waals surface area contributed by atoms with Gasteiger partial charge in [0.1, 0.15) is 0 Å². The highest BCUT2D eigenvalue weighted by Gasteiger charge is 2.41. The van der Waals surface area contributed by atoms with Crippen molar-refractivity contribution in [3.8, 4) is 0 Å². The fourth-order valence-electron chi connectivity index (χ4n) is 3.84. The molecule has 2 fully saturated rings. The minimum atomic E-state index is -0.971. The lowest BCUT2D eigenvalue weighted by Gasteiger charge is -2.42. The number of aliphatic carboxylic acids is 1. The number of amides is 1. The topological polar surface area (TPSA) is 66.8 Å². The van der Waals surface area contributed by atoms with E-state index in [0.29, 0.717) is 19.1 Å². The van der Waals surface area contributed by atoms with Crippen LogP contribution in [0.2, 0.25) is 0 Å². The summed E-state index contributed by atoms with van der Waals surface area (Å²) in [4.78, 5) is 25.5. The molecule has 0 spiro atoms. The number of ether oxygens (including phenoxy) is 1. The summed E-state index contributed by atoms with van der Waals surface area (Å²) in [5.41, 5.74) is 0.156. The fraction of sp³-hybridized carbons (Fsp3) is 0.867. The molecular weight excluding hydrogens is 258 g/mol. The zero-order valence-electron chi connectivity index (χ0n) is 12.6. The Kier molecular flexibility index (Phi) is 4.37. The Morgan fingerprint density at radius 2 is 2.00 bits per heavy atom. The summed E-state index contributed by atoms with van der Waals surface area (Å²) in [6, 6.07) is -0.823. The average Bonchev–Trinajstić information content (AvgIpc) is 2.35. The van der Waals surface area contributed by atoms with Gasteiger partial charge in [-0.15, -0.1) is 0 Å². The monoisotopic (exact) mass is 283 g/mol. The summed E-state index contributed by atoms with van der Waals surface area (Å²) in [5.74, 6) is -0.507. The second-order valence-electron chi connectivity index (χ2n) is 7.07. The number of carbonyl (C=O) groups excluding carboxylic acids is 1. The van der Waals surface area contributed by atoms with Crippen LogP contribution in [0.5, 0.6) is 0 Å². The van der Waals surface area contributed by atoms with E-state index in [2.05, 4.69) is 20.8 Å². The molecule has 5 heteroatoms. The van der Waals surface area contributed by atoms with E-state index < -0.39 is 12.0 Å². The molecule has 1 saturated carbocycles. The predicted molar refractivity (Wildman–Crippen MR) is 74.2 cm³/mol. The highest BCUT2D eigenvalue weighted by molar-refractivity contribution is 5.85. The maximum Gasteiger partial charge on any atom is 0.328 e. The summed E-state index contributed by atoms with van der Waals surface area (Å²) >= 11 is 0. The molecule has 0 radical (unpaired) electrons. The first-order chi connectivity index (χ1) is 9.30. The van der Waals surface area contributed by atoms with Crippen LogP contribution in [-0.4, -0.2) is 47.7 Å². The normalized spacial score (nSPS) is 33.8. The third-order valence-electron chi connectivity index (χ3n) is 4.43. The van der Waals surface area contributed by atoms with Gasteiger partial charge >= 0.3 is 5.97 Å². The van der Waals surface area contributed by atoms with Crippen molar-refractivity contribution in [3.63, 3.8) is 0 Å². The van der Waals surface area contributed by atoms with E-state index in [9.17, 15) is 14.7 Å². The Bertz CT molecular complexity index is 393. The smallest absolute Gasteiger partial charge is 0.328 e. The van der Waals surface area contributed by atoms with Crippen LogP contribution in [0.3, 0.4) is 0 Å². The van der Waals surface area contributed by atoms with Gasteiger partial charge < -0.3 is 14.7 Å². The Hall–Kier alpha value is -1.10. The average molecular weight is 283 g/mol. The van der Waals surface area contributed by atoms with Gasteiger partial charge in [0.2, 0.25) is 5.91 Å². The number of rotatable bonds is 2. The van der Waals surface area contributed by atoms with Crippen molar-refractivity contribution in [1.29, 1.82) is 0 Å². The summed E-state index contributed by atoms with van der Waals surface area (Å²) in [7, 11) is 0. The van der Waals surface area contributed by atoms with E-state index in [1.165, 1.54) is 4.90 Å². The molecule has 3 atom stereocenters. The maximum atomic E-state index is 12.7. The van der Waals surface area contributed by atoms with Crippen LogP contribution in [0, 0.1) is 17.3 Å². The van der Waals surface area contributed by atoms with E-state index in [1.54, 1.807) is 0 Å². The van der Waals surface area contributed by atoms with Gasteiger partial charge in [-0.25, -0.2) is 4.79 Å². The summed E-state index contributed by atoms with van der Waals surface area (Å²) < 4.78 is 5.20. The van der Waals surface area contributed by atoms with E-state index in [-0.39, 0.29) is 23.8 Å². The van der Waals surface area contributed by atoms with Crippen molar-refractivity contribution in [2.24, 2.45) is 17.3 Å². The van der Waals surface area contributed by atoms with Gasteiger partial charge in [-0.1, -0.05) is 20.8 Å². The maximum absolute atomic E-state index is 12.7. The molecule has 1 N–H and O–H groups in total. The molecule has 0 aromatic rings. The van der Waals surface area contributed by atoms with E-state index in [0.717, 1.165) is 19.3 Å². The third-order valence-corrected chi connectivity index (χ3v) is 4.43. The zero-order chi connectivity index (χ0) is 14.9. The first-order valence-electron chi connectivity index (χ1n) is 7.41. The van der Waals surface area contributed by atoms with Crippen molar-refractivity contribution >= 4 is 11.9 Å². The Morgan fingerprint density at radius 3 is 2.60 bits per heavy atom. The first-order valence-corrected chi connectivity index (χ1v) is 7.41. The van der Waals surface area contributed by atoms with Crippen molar-refractivity contribution in [2.75, 3.05) is 19.8 Å². The number of carboxylic acids is 1. The van der Waals surface area contributed by atoms with Gasteiger partial charge in [0.25, 0.3) is 0 Å². The fourth-order valence-corrected chi connectivity index (χ4v) is 3.84. The zero-order valence-corrected chi connectivity index (χ0v) is 12.6. The number of carbonyl (C=O) groups is 2. The standard InChI is InChI=1S/C15H25NO4/c1-10-6-11(8-15(2,3)7-10)13(17)16-4-5-20-9-12(16)14(18)19/h10-12H,4-9H2,1-3H3,(H,18,19). The van der Waals surface area contributed by atoms with Gasteiger partial charge in [-0.05, 0) is 30.6 Å². The summed E-state index contributed by atoms with van der Waals surface area (Å²) in [6.07, 6.45) is 2.84. The molecule has 5 nitrogen and oxygen atoms in total. The van der Waals surface area contributed by atoms with Gasteiger partial charge in [0.15, 0.2) is 6.04 Å². The Labute approximate surface area is 120 Å². The van der Waals surface area contributed by atoms with Crippen molar-refractivity contribution in [1.82, 2.24) is 4.90 Å². The van der Waals surface area contributed by atoms with Gasteiger partial charge in [-0.3, -0.25) is 4.79 Å². The highest BCUT2D eigenvalue weighted by atomic mass is 16.5. The van der Waals surface area contributed by atoms with Gasteiger partial charge in [-0.2, -0.15) is 0 Å². The molecule has 2 aliphatic rings. The molecule has 1 aliphatic heterocycles. The minimum Gasteiger partial charge on any atom is -0.480 e. The number of nitrogens with zero attached hydrogens (tertiary/aromatic N) is 1. The molecule has 1 heterocycles. The van der Waals surface area contributed by atoms with Crippen LogP contribution < -0.4 is 0 Å². The predicted octanol–water partition coefficient (Wildman–Crippen LogP) is 1.76. The minimum absolute atomic E-state index is 0.000301. The van der Waals surface area contributed by atoms with E-state index in [1.807, 2.05) is 0 Å². The van der Waals surface area contributed by atoms with Crippen LogP contribution in [0.25, 0.3) is 0 Å². The van der Waals surface area contributed by atoms with Crippen LogP contribution in [0.1, 0.15) is 40.0 Å². The largest absolute Gasteiger partial charge is 0.480 e. The van der Waals surface area contributed by atoms with Crippen LogP contribution in [-0.2, 0) is 14.3 Å².